The number of hydrogen-bond donors (Lipinski definition) is 1. The van der Waals surface area contributed by atoms with Gasteiger partial charge < -0.3 is 28.6 Å². The number of carbonyl (C=O) groups excluding carboxylic acids is 4. The fourth-order valence-electron chi connectivity index (χ4n) is 5.28. The van der Waals surface area contributed by atoms with E-state index < -0.39 is 57.6 Å². The molecule has 1 aliphatic rings. The number of amides is 2. The van der Waals surface area contributed by atoms with E-state index in [1.807, 2.05) is 18.6 Å². The number of nitrogens with zero attached hydrogens (tertiary/aromatic N) is 1. The van der Waals surface area contributed by atoms with E-state index >= 15 is 0 Å². The van der Waals surface area contributed by atoms with E-state index in [4.69, 9.17) is 30.5 Å². The number of fused-ring (bicyclic) bond motifs is 1. The van der Waals surface area contributed by atoms with Gasteiger partial charge in [0.15, 0.2) is 11.5 Å². The number of Topliss-reactive ketones (excluding diaryl/α,β-unsaturated/α-hetero) is 1. The first-order chi connectivity index (χ1) is 21.1. The maximum absolute atomic E-state index is 14.2. The Bertz CT molecular complexity index is 1540. The summed E-state index contributed by atoms with van der Waals surface area (Å²) in [4.78, 5) is 51.8. The predicted octanol–water partition coefficient (Wildman–Crippen LogP) is 3.97. The highest BCUT2D eigenvalue weighted by Gasteiger charge is 2.41. The van der Waals surface area contributed by atoms with E-state index in [0.717, 1.165) is 0 Å². The quantitative estimate of drug-likeness (QED) is 0.231. The van der Waals surface area contributed by atoms with Crippen LogP contribution in [0.15, 0.2) is 36.4 Å². The van der Waals surface area contributed by atoms with Crippen molar-refractivity contribution in [2.45, 2.75) is 59.2 Å². The van der Waals surface area contributed by atoms with Gasteiger partial charge in [-0.2, -0.15) is 0 Å². The summed E-state index contributed by atoms with van der Waals surface area (Å²) in [5, 5.41) is 0.357. The van der Waals surface area contributed by atoms with Gasteiger partial charge in [0.2, 0.25) is 15.9 Å². The second kappa shape index (κ2) is 15.1. The van der Waals surface area contributed by atoms with Crippen molar-refractivity contribution in [1.82, 2.24) is 4.72 Å². The third kappa shape index (κ3) is 9.65. The first-order valence-corrected chi connectivity index (χ1v) is 16.2. The molecule has 3 rings (SSSR count). The van der Waals surface area contributed by atoms with Crippen LogP contribution in [0.3, 0.4) is 0 Å². The molecule has 0 radical (unpaired) electrons. The second-order valence-corrected chi connectivity index (χ2v) is 13.8. The molecule has 12 nitrogen and oxygen atoms in total. The molecule has 1 heterocycles. The zero-order valence-corrected chi connectivity index (χ0v) is 27.7. The number of carbonyl (C=O) groups is 4. The first kappa shape index (κ1) is 35.8. The van der Waals surface area contributed by atoms with Crippen LogP contribution in [0.25, 0.3) is 0 Å². The second-order valence-electron chi connectivity index (χ2n) is 11.5. The van der Waals surface area contributed by atoms with Crippen LogP contribution < -0.4 is 19.1 Å². The lowest BCUT2D eigenvalue weighted by molar-refractivity contribution is -0.141. The van der Waals surface area contributed by atoms with Crippen LogP contribution in [0.2, 0.25) is 5.02 Å². The Labute approximate surface area is 268 Å². The molecule has 14 heteroatoms. The number of sulfonamides is 1. The Hall–Kier alpha value is -3.68. The number of esters is 1. The highest BCUT2D eigenvalue weighted by Crippen LogP contribution is 2.45. The van der Waals surface area contributed by atoms with Crippen molar-refractivity contribution >= 4 is 50.9 Å². The lowest BCUT2D eigenvalue weighted by Crippen LogP contribution is -2.46. The number of ketones is 1. The number of para-hydroxylation sites is 1. The summed E-state index contributed by atoms with van der Waals surface area (Å²) < 4.78 is 49.5. The van der Waals surface area contributed by atoms with Gasteiger partial charge >= 0.3 is 5.97 Å². The third-order valence-corrected chi connectivity index (χ3v) is 8.54. The molecule has 0 aliphatic carbocycles. The molecule has 246 valence electrons. The van der Waals surface area contributed by atoms with Gasteiger partial charge in [-0.1, -0.05) is 37.6 Å². The van der Waals surface area contributed by atoms with Gasteiger partial charge in [0.1, 0.15) is 18.0 Å². The molecule has 1 N–H and O–H groups in total. The van der Waals surface area contributed by atoms with Crippen LogP contribution in [0, 0.1) is 5.41 Å². The van der Waals surface area contributed by atoms with Crippen molar-refractivity contribution in [3.8, 4) is 11.5 Å². The number of methoxy groups -OCH3 is 2. The number of anilines is 1. The summed E-state index contributed by atoms with van der Waals surface area (Å²) in [5.74, 6) is -1.96. The normalized spacial score (nSPS) is 16.8. The summed E-state index contributed by atoms with van der Waals surface area (Å²) in [7, 11) is -1.19. The first-order valence-electron chi connectivity index (χ1n) is 14.2. The maximum Gasteiger partial charge on any atom is 0.302 e. The van der Waals surface area contributed by atoms with Crippen LogP contribution in [0.4, 0.5) is 5.69 Å². The molecule has 45 heavy (non-hydrogen) atoms. The van der Waals surface area contributed by atoms with Crippen LogP contribution in [-0.4, -0.2) is 71.2 Å². The molecular formula is C31H39ClN2O10S. The minimum atomic E-state index is -4.12. The van der Waals surface area contributed by atoms with E-state index in [1.165, 1.54) is 33.0 Å². The van der Waals surface area contributed by atoms with Crippen molar-refractivity contribution in [1.29, 1.82) is 0 Å². The molecule has 2 amide bonds. The monoisotopic (exact) mass is 666 g/mol. The summed E-state index contributed by atoms with van der Waals surface area (Å²) in [6.07, 6.45) is -2.97. The smallest absolute Gasteiger partial charge is 0.302 e. The number of ether oxygens (including phenoxy) is 4. The Morgan fingerprint density at radius 3 is 2.40 bits per heavy atom. The zero-order chi connectivity index (χ0) is 33.5. The molecule has 2 aromatic carbocycles. The van der Waals surface area contributed by atoms with Gasteiger partial charge in [-0.25, -0.2) is 8.42 Å². The minimum Gasteiger partial charge on any atom is -0.493 e. The van der Waals surface area contributed by atoms with E-state index in [-0.39, 0.29) is 31.8 Å². The Kier molecular flexibility index (Phi) is 12.0. The lowest BCUT2D eigenvalue weighted by atomic mass is 9.86. The summed E-state index contributed by atoms with van der Waals surface area (Å²) in [6.45, 7) is 6.30. The van der Waals surface area contributed by atoms with Crippen molar-refractivity contribution in [3.05, 3.63) is 52.5 Å². The fraction of sp³-hybridized carbons (Fsp3) is 0.484. The standard InChI is InChI=1S/C31H39ClN2O10S/c1-19(35)17-31(3,4)18-34-24-12-11-21(32)15-23(24)28(22-9-7-10-25(41-5)29(22)42-6)44-26(30(34)38)16-27(37)33-45(39,40)14-8-13-43-20(2)36/h7,9-12,15,26,28H,8,13-14,16-18H2,1-6H3,(H,33,37). The Morgan fingerprint density at radius 2 is 1.78 bits per heavy atom. The number of halogens is 1. The predicted molar refractivity (Wildman–Crippen MR) is 167 cm³/mol. The van der Waals surface area contributed by atoms with Gasteiger partial charge in [0.25, 0.3) is 5.91 Å². The molecule has 2 aromatic rings. The summed E-state index contributed by atoms with van der Waals surface area (Å²) in [5.41, 5.74) is 0.727. The van der Waals surface area contributed by atoms with Crippen molar-refractivity contribution in [2.24, 2.45) is 5.41 Å². The Balaban J connectivity index is 2.08. The number of rotatable bonds is 14. The Morgan fingerprint density at radius 1 is 1.07 bits per heavy atom. The maximum atomic E-state index is 14.2. The molecule has 0 saturated carbocycles. The summed E-state index contributed by atoms with van der Waals surface area (Å²) >= 11 is 6.45. The largest absolute Gasteiger partial charge is 0.493 e. The van der Waals surface area contributed by atoms with Crippen molar-refractivity contribution in [3.63, 3.8) is 0 Å². The highest BCUT2D eigenvalue weighted by atomic mass is 35.5. The van der Waals surface area contributed by atoms with Crippen molar-refractivity contribution < 1.29 is 46.5 Å². The van der Waals surface area contributed by atoms with Crippen LogP contribution >= 0.6 is 11.6 Å². The molecule has 0 saturated heterocycles. The van der Waals surface area contributed by atoms with E-state index in [2.05, 4.69) is 0 Å². The van der Waals surface area contributed by atoms with E-state index in [1.54, 1.807) is 36.4 Å². The molecule has 0 spiro atoms. The molecule has 2 unspecified atom stereocenters. The SMILES string of the molecule is COc1cccc(C2OC(CC(=O)NS(=O)(=O)CCCOC(C)=O)C(=O)N(CC(C)(C)CC(C)=O)c3ccc(Cl)cc32)c1OC. The average Bonchev–Trinajstić information content (AvgIpc) is 3.03. The topological polar surface area (TPSA) is 155 Å². The molecule has 2 atom stereocenters. The van der Waals surface area contributed by atoms with Gasteiger partial charge in [0.05, 0.1) is 33.0 Å². The van der Waals surface area contributed by atoms with E-state index in [9.17, 15) is 27.6 Å². The fourth-order valence-corrected chi connectivity index (χ4v) is 6.50. The third-order valence-electron chi connectivity index (χ3n) is 6.94. The number of hydrogen-bond acceptors (Lipinski definition) is 10. The van der Waals surface area contributed by atoms with Crippen LogP contribution in [-0.2, 0) is 38.7 Å². The van der Waals surface area contributed by atoms with E-state index in [0.29, 0.717) is 33.3 Å². The molecule has 0 bridgehead atoms. The number of benzene rings is 2. The van der Waals surface area contributed by atoms with Crippen LogP contribution in [0.1, 0.15) is 64.2 Å². The van der Waals surface area contributed by atoms with Crippen molar-refractivity contribution in [2.75, 3.05) is 38.0 Å². The average molecular weight is 667 g/mol. The van der Waals surface area contributed by atoms with Gasteiger partial charge in [-0.15, -0.1) is 0 Å². The summed E-state index contributed by atoms with van der Waals surface area (Å²) in [6, 6.07) is 10.1. The van der Waals surface area contributed by atoms with Gasteiger partial charge in [-0.05, 0) is 43.0 Å². The minimum absolute atomic E-state index is 0.0339. The zero-order valence-electron chi connectivity index (χ0n) is 26.2. The highest BCUT2D eigenvalue weighted by molar-refractivity contribution is 7.90. The van der Waals surface area contributed by atoms with Gasteiger partial charge in [0, 0.05) is 41.7 Å². The molecule has 1 aliphatic heterocycles. The molecule has 0 aromatic heterocycles. The van der Waals surface area contributed by atoms with Gasteiger partial charge in [-0.3, -0.25) is 19.1 Å². The van der Waals surface area contributed by atoms with Crippen LogP contribution in [0.5, 0.6) is 11.5 Å². The molecule has 0 fully saturated rings. The lowest BCUT2D eigenvalue weighted by Gasteiger charge is -2.33. The number of nitrogens with one attached hydrogen (secondary N) is 1. The molecular weight excluding hydrogens is 628 g/mol.